The summed E-state index contributed by atoms with van der Waals surface area (Å²) in [5.41, 5.74) is 3.08. The summed E-state index contributed by atoms with van der Waals surface area (Å²) in [6.07, 6.45) is 0.971. The van der Waals surface area contributed by atoms with Crippen LogP contribution in [0, 0.1) is 0 Å². The molecule has 0 saturated carbocycles. The molecule has 1 amide bonds. The monoisotopic (exact) mass is 367 g/mol. The van der Waals surface area contributed by atoms with Gasteiger partial charge in [0.15, 0.2) is 0 Å². The van der Waals surface area contributed by atoms with Crippen LogP contribution < -0.4 is 10.2 Å². The molecule has 1 aliphatic rings. The Balaban J connectivity index is 1.33. The summed E-state index contributed by atoms with van der Waals surface area (Å²) in [7, 11) is 1.67. The quantitative estimate of drug-likeness (QED) is 0.729. The smallest absolute Gasteiger partial charge is 0.251 e. The van der Waals surface area contributed by atoms with Gasteiger partial charge in [0, 0.05) is 51.1 Å². The van der Waals surface area contributed by atoms with Crippen molar-refractivity contribution in [1.29, 1.82) is 0 Å². The Morgan fingerprint density at radius 2 is 1.70 bits per heavy atom. The zero-order chi connectivity index (χ0) is 18.9. The first-order valence-electron chi connectivity index (χ1n) is 9.64. The topological polar surface area (TPSA) is 44.8 Å². The lowest BCUT2D eigenvalue weighted by atomic mass is 10.1. The van der Waals surface area contributed by atoms with Crippen molar-refractivity contribution in [2.75, 3.05) is 51.3 Å². The standard InChI is InChI=1S/C22H29N3O2/c1-27-18-19-8-10-20(11-9-19)22(26)23-12-5-13-24-14-16-25(17-15-24)21-6-3-2-4-7-21/h2-4,6-11H,5,12-18H2,1H3,(H,23,26). The number of hydrogen-bond donors (Lipinski definition) is 1. The minimum Gasteiger partial charge on any atom is -0.380 e. The Kier molecular flexibility index (Phi) is 7.25. The van der Waals surface area contributed by atoms with Crippen LogP contribution in [-0.2, 0) is 11.3 Å². The van der Waals surface area contributed by atoms with Crippen LogP contribution in [0.4, 0.5) is 5.69 Å². The Bertz CT molecular complexity index is 695. The lowest BCUT2D eigenvalue weighted by Crippen LogP contribution is -2.47. The molecule has 27 heavy (non-hydrogen) atoms. The van der Waals surface area contributed by atoms with Crippen LogP contribution in [0.5, 0.6) is 0 Å². The maximum absolute atomic E-state index is 12.2. The number of piperazine rings is 1. The Morgan fingerprint density at radius 3 is 2.37 bits per heavy atom. The minimum atomic E-state index is -0.00661. The number of para-hydroxylation sites is 1. The van der Waals surface area contributed by atoms with Crippen LogP contribution >= 0.6 is 0 Å². The van der Waals surface area contributed by atoms with Crippen molar-refractivity contribution >= 4 is 11.6 Å². The number of ether oxygens (including phenoxy) is 1. The Morgan fingerprint density at radius 1 is 1.00 bits per heavy atom. The molecule has 1 fully saturated rings. The van der Waals surface area contributed by atoms with Crippen LogP contribution in [0.1, 0.15) is 22.3 Å². The molecule has 0 bridgehead atoms. The fourth-order valence-corrected chi connectivity index (χ4v) is 3.39. The molecule has 5 nitrogen and oxygen atoms in total. The molecule has 1 saturated heterocycles. The van der Waals surface area contributed by atoms with E-state index < -0.39 is 0 Å². The van der Waals surface area contributed by atoms with Crippen molar-refractivity contribution < 1.29 is 9.53 Å². The second-order valence-corrected chi connectivity index (χ2v) is 6.90. The number of methoxy groups -OCH3 is 1. The summed E-state index contributed by atoms with van der Waals surface area (Å²) >= 11 is 0. The lowest BCUT2D eigenvalue weighted by molar-refractivity contribution is 0.0951. The number of nitrogens with one attached hydrogen (secondary N) is 1. The van der Waals surface area contributed by atoms with Crippen molar-refractivity contribution in [2.24, 2.45) is 0 Å². The highest BCUT2D eigenvalue weighted by atomic mass is 16.5. The Labute approximate surface area is 161 Å². The second-order valence-electron chi connectivity index (χ2n) is 6.90. The highest BCUT2D eigenvalue weighted by Gasteiger charge is 2.16. The summed E-state index contributed by atoms with van der Waals surface area (Å²) in [5, 5.41) is 3.02. The number of carbonyl (C=O) groups is 1. The zero-order valence-electron chi connectivity index (χ0n) is 16.1. The highest BCUT2D eigenvalue weighted by molar-refractivity contribution is 5.94. The van der Waals surface area contributed by atoms with Crippen LogP contribution in [0.2, 0.25) is 0 Å². The number of amides is 1. The van der Waals surface area contributed by atoms with Gasteiger partial charge in [-0.05, 0) is 42.8 Å². The van der Waals surface area contributed by atoms with Gasteiger partial charge in [-0.2, -0.15) is 0 Å². The molecule has 3 rings (SSSR count). The van der Waals surface area contributed by atoms with Crippen molar-refractivity contribution in [3.05, 3.63) is 65.7 Å². The van der Waals surface area contributed by atoms with E-state index in [-0.39, 0.29) is 5.91 Å². The van der Waals surface area contributed by atoms with Crippen LogP contribution in [0.25, 0.3) is 0 Å². The third-order valence-corrected chi connectivity index (χ3v) is 4.96. The van der Waals surface area contributed by atoms with Crippen LogP contribution in [0.15, 0.2) is 54.6 Å². The number of benzene rings is 2. The molecule has 144 valence electrons. The van der Waals surface area contributed by atoms with Crippen LogP contribution in [0.3, 0.4) is 0 Å². The maximum Gasteiger partial charge on any atom is 0.251 e. The van der Waals surface area contributed by atoms with E-state index in [9.17, 15) is 4.79 Å². The van der Waals surface area contributed by atoms with E-state index in [1.807, 2.05) is 24.3 Å². The number of rotatable bonds is 8. The molecule has 0 atom stereocenters. The van der Waals surface area contributed by atoms with E-state index in [0.29, 0.717) is 18.7 Å². The second kappa shape index (κ2) is 10.1. The van der Waals surface area contributed by atoms with E-state index in [1.165, 1.54) is 5.69 Å². The molecule has 2 aromatic rings. The van der Waals surface area contributed by atoms with Gasteiger partial charge in [-0.1, -0.05) is 30.3 Å². The van der Waals surface area contributed by atoms with Gasteiger partial charge in [0.2, 0.25) is 0 Å². The summed E-state index contributed by atoms with van der Waals surface area (Å²) in [4.78, 5) is 17.1. The van der Waals surface area contributed by atoms with Crippen molar-refractivity contribution in [2.45, 2.75) is 13.0 Å². The molecular weight excluding hydrogens is 338 g/mol. The molecule has 1 aliphatic heterocycles. The van der Waals surface area contributed by atoms with Gasteiger partial charge >= 0.3 is 0 Å². The molecule has 0 radical (unpaired) electrons. The summed E-state index contributed by atoms with van der Waals surface area (Å²) in [5.74, 6) is -0.00661. The molecule has 0 aliphatic carbocycles. The summed E-state index contributed by atoms with van der Waals surface area (Å²) in [6, 6.07) is 18.2. The number of anilines is 1. The van der Waals surface area contributed by atoms with Crippen molar-refractivity contribution in [1.82, 2.24) is 10.2 Å². The number of nitrogens with zero attached hydrogens (tertiary/aromatic N) is 2. The van der Waals surface area contributed by atoms with Gasteiger partial charge in [-0.15, -0.1) is 0 Å². The van der Waals surface area contributed by atoms with Crippen LogP contribution in [-0.4, -0.2) is 57.2 Å². The lowest BCUT2D eigenvalue weighted by Gasteiger charge is -2.36. The number of carbonyl (C=O) groups excluding carboxylic acids is 1. The fourth-order valence-electron chi connectivity index (χ4n) is 3.39. The highest BCUT2D eigenvalue weighted by Crippen LogP contribution is 2.15. The van der Waals surface area contributed by atoms with E-state index in [1.54, 1.807) is 7.11 Å². The largest absolute Gasteiger partial charge is 0.380 e. The SMILES string of the molecule is COCc1ccc(C(=O)NCCCN2CCN(c3ccccc3)CC2)cc1. The molecule has 0 unspecified atom stereocenters. The first-order valence-corrected chi connectivity index (χ1v) is 9.64. The van der Waals surface area contributed by atoms with Gasteiger partial charge in [0.1, 0.15) is 0 Å². The summed E-state index contributed by atoms with van der Waals surface area (Å²) in [6.45, 7) is 6.56. The molecule has 1 heterocycles. The fraction of sp³-hybridized carbons (Fsp3) is 0.409. The van der Waals surface area contributed by atoms with E-state index in [4.69, 9.17) is 4.74 Å². The van der Waals surface area contributed by atoms with E-state index >= 15 is 0 Å². The van der Waals surface area contributed by atoms with Crippen molar-refractivity contribution in [3.63, 3.8) is 0 Å². The first kappa shape index (κ1) is 19.4. The van der Waals surface area contributed by atoms with Gasteiger partial charge in [-0.3, -0.25) is 9.69 Å². The van der Waals surface area contributed by atoms with Gasteiger partial charge in [0.05, 0.1) is 6.61 Å². The normalized spacial score (nSPS) is 14.9. The predicted octanol–water partition coefficient (Wildman–Crippen LogP) is 2.78. The average Bonchev–Trinajstić information content (AvgIpc) is 2.73. The molecule has 1 N–H and O–H groups in total. The first-order chi connectivity index (χ1) is 13.3. The maximum atomic E-state index is 12.2. The third-order valence-electron chi connectivity index (χ3n) is 4.96. The number of hydrogen-bond acceptors (Lipinski definition) is 4. The zero-order valence-corrected chi connectivity index (χ0v) is 16.1. The average molecular weight is 367 g/mol. The minimum absolute atomic E-state index is 0.00661. The molecule has 0 aromatic heterocycles. The van der Waals surface area contributed by atoms with Crippen molar-refractivity contribution in [3.8, 4) is 0 Å². The molecule has 0 spiro atoms. The molecule has 2 aromatic carbocycles. The van der Waals surface area contributed by atoms with E-state index in [2.05, 4.69) is 45.4 Å². The van der Waals surface area contributed by atoms with Gasteiger partial charge in [0.25, 0.3) is 5.91 Å². The van der Waals surface area contributed by atoms with Gasteiger partial charge in [-0.25, -0.2) is 0 Å². The van der Waals surface area contributed by atoms with Gasteiger partial charge < -0.3 is 15.0 Å². The molecular formula is C22H29N3O2. The molecule has 5 heteroatoms. The van der Waals surface area contributed by atoms with E-state index in [0.717, 1.165) is 44.7 Å². The predicted molar refractivity (Wildman–Crippen MR) is 109 cm³/mol. The summed E-state index contributed by atoms with van der Waals surface area (Å²) < 4.78 is 5.09. The Hall–Kier alpha value is -2.37. The third kappa shape index (κ3) is 5.81.